The van der Waals surface area contributed by atoms with Crippen LogP contribution in [0.2, 0.25) is 5.22 Å². The van der Waals surface area contributed by atoms with Gasteiger partial charge in [-0.15, -0.1) is 0 Å². The number of furan rings is 1. The zero-order valence-electron chi connectivity index (χ0n) is 18.9. The molecule has 3 rings (SSSR count). The van der Waals surface area contributed by atoms with E-state index in [1.807, 2.05) is 13.8 Å². The summed E-state index contributed by atoms with van der Waals surface area (Å²) in [5.74, 6) is 0.164. The Morgan fingerprint density at radius 1 is 1.06 bits per heavy atom. The Morgan fingerprint density at radius 2 is 1.76 bits per heavy atom. The Morgan fingerprint density at radius 3 is 2.32 bits per heavy atom. The Balaban J connectivity index is 1.79. The smallest absolute Gasteiger partial charge is 0.337 e. The standard InChI is InChI=1S/C24H25ClN2O7/c1-14(8-18-5-6-21(25)34-18)32-19-9-17(10-20(11-19)33-15(2)13-31-3)23(28)27-22-7-4-16(12-26-22)24(29)30/h4-7,9-12,14-15H,8,13H2,1-3H3,(H,29,30)(H,26,27,28)/t14-,15-/m0/s1. The van der Waals surface area contributed by atoms with Gasteiger partial charge >= 0.3 is 5.97 Å². The highest BCUT2D eigenvalue weighted by Gasteiger charge is 2.16. The number of nitrogens with one attached hydrogen (secondary N) is 1. The monoisotopic (exact) mass is 488 g/mol. The molecule has 10 heteroatoms. The molecule has 0 fully saturated rings. The van der Waals surface area contributed by atoms with E-state index in [4.69, 9.17) is 35.3 Å². The number of anilines is 1. The molecule has 2 N–H and O–H groups in total. The van der Waals surface area contributed by atoms with Gasteiger partial charge in [-0.3, -0.25) is 4.79 Å². The number of carboxylic acids is 1. The van der Waals surface area contributed by atoms with Gasteiger partial charge in [0.25, 0.3) is 5.91 Å². The number of amides is 1. The third-order valence-corrected chi connectivity index (χ3v) is 4.79. The number of halogens is 1. The zero-order chi connectivity index (χ0) is 24.7. The average molecular weight is 489 g/mol. The van der Waals surface area contributed by atoms with Crippen molar-refractivity contribution in [3.8, 4) is 11.5 Å². The maximum atomic E-state index is 12.9. The van der Waals surface area contributed by atoms with E-state index in [9.17, 15) is 9.59 Å². The molecule has 0 spiro atoms. The number of ether oxygens (including phenoxy) is 3. The number of carbonyl (C=O) groups excluding carboxylic acids is 1. The lowest BCUT2D eigenvalue weighted by atomic mass is 10.1. The predicted molar refractivity (Wildman–Crippen MR) is 125 cm³/mol. The fraction of sp³-hybridized carbons (Fsp3) is 0.292. The summed E-state index contributed by atoms with van der Waals surface area (Å²) in [5.41, 5.74) is 0.289. The molecule has 0 saturated heterocycles. The summed E-state index contributed by atoms with van der Waals surface area (Å²) in [6, 6.07) is 11.1. The molecule has 0 radical (unpaired) electrons. The molecule has 34 heavy (non-hydrogen) atoms. The first-order chi connectivity index (χ1) is 16.2. The Bertz CT molecular complexity index is 1130. The summed E-state index contributed by atoms with van der Waals surface area (Å²) < 4.78 is 22.4. The molecule has 180 valence electrons. The van der Waals surface area contributed by atoms with Crippen LogP contribution in [0.4, 0.5) is 5.82 Å². The minimum atomic E-state index is -1.10. The van der Waals surface area contributed by atoms with E-state index in [0.717, 1.165) is 0 Å². The number of benzene rings is 1. The van der Waals surface area contributed by atoms with Gasteiger partial charge in [-0.1, -0.05) is 0 Å². The molecule has 1 aromatic carbocycles. The van der Waals surface area contributed by atoms with Gasteiger partial charge in [-0.05, 0) is 61.8 Å². The topological polar surface area (TPSA) is 120 Å². The van der Waals surface area contributed by atoms with Crippen molar-refractivity contribution in [3.63, 3.8) is 0 Å². The lowest BCUT2D eigenvalue weighted by Gasteiger charge is -2.18. The van der Waals surface area contributed by atoms with Gasteiger partial charge in [0.15, 0.2) is 5.22 Å². The minimum Gasteiger partial charge on any atom is -0.490 e. The molecule has 0 aliphatic carbocycles. The van der Waals surface area contributed by atoms with Crippen LogP contribution in [0.3, 0.4) is 0 Å². The number of methoxy groups -OCH3 is 1. The number of rotatable bonds is 11. The number of carbonyl (C=O) groups is 2. The van der Waals surface area contributed by atoms with Crippen LogP contribution in [0.1, 0.15) is 40.3 Å². The molecule has 3 aromatic rings. The maximum absolute atomic E-state index is 12.9. The molecule has 0 bridgehead atoms. The van der Waals surface area contributed by atoms with Gasteiger partial charge in [0.2, 0.25) is 0 Å². The number of aromatic carboxylic acids is 1. The van der Waals surface area contributed by atoms with Crippen molar-refractivity contribution in [1.82, 2.24) is 4.98 Å². The fourth-order valence-electron chi connectivity index (χ4n) is 3.14. The normalized spacial score (nSPS) is 12.6. The summed E-state index contributed by atoms with van der Waals surface area (Å²) in [6.07, 6.45) is 1.10. The zero-order valence-corrected chi connectivity index (χ0v) is 19.7. The van der Waals surface area contributed by atoms with Crippen molar-refractivity contribution in [1.29, 1.82) is 0 Å². The molecule has 2 aromatic heterocycles. The molecule has 0 unspecified atom stereocenters. The molecule has 0 aliphatic heterocycles. The molecule has 2 heterocycles. The van der Waals surface area contributed by atoms with Gasteiger partial charge < -0.3 is 29.1 Å². The summed E-state index contributed by atoms with van der Waals surface area (Å²) >= 11 is 5.83. The number of carboxylic acid groups (broad SMARTS) is 1. The first kappa shape index (κ1) is 25.1. The minimum absolute atomic E-state index is 0.0167. The van der Waals surface area contributed by atoms with Crippen LogP contribution in [-0.4, -0.2) is 47.9 Å². The van der Waals surface area contributed by atoms with Crippen molar-refractivity contribution < 1.29 is 33.3 Å². The van der Waals surface area contributed by atoms with E-state index >= 15 is 0 Å². The van der Waals surface area contributed by atoms with Crippen LogP contribution in [0.5, 0.6) is 11.5 Å². The quantitative estimate of drug-likeness (QED) is 0.398. The van der Waals surface area contributed by atoms with Crippen LogP contribution < -0.4 is 14.8 Å². The molecule has 0 aliphatic rings. The second-order valence-corrected chi connectivity index (χ2v) is 7.98. The van der Waals surface area contributed by atoms with Gasteiger partial charge in [-0.2, -0.15) is 0 Å². The summed E-state index contributed by atoms with van der Waals surface area (Å²) in [7, 11) is 1.57. The molecule has 1 amide bonds. The number of nitrogens with zero attached hydrogens (tertiary/aromatic N) is 1. The number of pyridine rings is 1. The van der Waals surface area contributed by atoms with Crippen LogP contribution >= 0.6 is 11.6 Å². The fourth-order valence-corrected chi connectivity index (χ4v) is 3.30. The molecular weight excluding hydrogens is 464 g/mol. The molecule has 2 atom stereocenters. The highest BCUT2D eigenvalue weighted by atomic mass is 35.5. The van der Waals surface area contributed by atoms with Crippen LogP contribution in [0.15, 0.2) is 53.1 Å². The summed E-state index contributed by atoms with van der Waals surface area (Å²) in [4.78, 5) is 27.9. The highest BCUT2D eigenvalue weighted by Crippen LogP contribution is 2.26. The Kier molecular flexibility index (Phi) is 8.50. The van der Waals surface area contributed by atoms with Crippen molar-refractivity contribution >= 4 is 29.3 Å². The van der Waals surface area contributed by atoms with E-state index in [-0.39, 0.29) is 29.2 Å². The molecular formula is C24H25ClN2O7. The number of hydrogen-bond acceptors (Lipinski definition) is 7. The number of hydrogen-bond donors (Lipinski definition) is 2. The van der Waals surface area contributed by atoms with Crippen molar-refractivity contribution in [2.75, 3.05) is 19.0 Å². The second-order valence-electron chi connectivity index (χ2n) is 7.61. The average Bonchev–Trinajstić information content (AvgIpc) is 3.18. The largest absolute Gasteiger partial charge is 0.490 e. The second kappa shape index (κ2) is 11.5. The molecule has 0 saturated carbocycles. The third kappa shape index (κ3) is 7.23. The first-order valence-corrected chi connectivity index (χ1v) is 10.8. The van der Waals surface area contributed by atoms with Crippen molar-refractivity contribution in [2.45, 2.75) is 32.5 Å². The lowest BCUT2D eigenvalue weighted by molar-refractivity contribution is 0.0696. The van der Waals surface area contributed by atoms with Gasteiger partial charge in [-0.25, -0.2) is 9.78 Å². The van der Waals surface area contributed by atoms with E-state index in [2.05, 4.69) is 10.3 Å². The third-order valence-electron chi connectivity index (χ3n) is 4.59. The molecule has 9 nitrogen and oxygen atoms in total. The van der Waals surface area contributed by atoms with E-state index in [0.29, 0.717) is 35.5 Å². The maximum Gasteiger partial charge on any atom is 0.337 e. The van der Waals surface area contributed by atoms with Gasteiger partial charge in [0.1, 0.15) is 35.3 Å². The highest BCUT2D eigenvalue weighted by molar-refractivity contribution is 6.28. The van der Waals surface area contributed by atoms with E-state index < -0.39 is 11.9 Å². The van der Waals surface area contributed by atoms with Crippen LogP contribution in [0, 0.1) is 0 Å². The summed E-state index contributed by atoms with van der Waals surface area (Å²) in [5, 5.41) is 11.9. The van der Waals surface area contributed by atoms with E-state index in [1.54, 1.807) is 37.4 Å². The van der Waals surface area contributed by atoms with Crippen LogP contribution in [-0.2, 0) is 11.2 Å². The predicted octanol–water partition coefficient (Wildman–Crippen LogP) is 4.70. The first-order valence-electron chi connectivity index (χ1n) is 10.5. The van der Waals surface area contributed by atoms with E-state index in [1.165, 1.54) is 18.3 Å². The van der Waals surface area contributed by atoms with Gasteiger partial charge in [0.05, 0.1) is 12.2 Å². The SMILES string of the molecule is COC[C@H](C)Oc1cc(O[C@@H](C)Cc2ccc(Cl)o2)cc(C(=O)Nc2ccc(C(=O)O)cn2)c1. The van der Waals surface area contributed by atoms with Crippen LogP contribution in [0.25, 0.3) is 0 Å². The summed E-state index contributed by atoms with van der Waals surface area (Å²) in [6.45, 7) is 4.07. The Hall–Kier alpha value is -3.56. The van der Waals surface area contributed by atoms with Crippen molar-refractivity contribution in [2.24, 2.45) is 0 Å². The lowest BCUT2D eigenvalue weighted by Crippen LogP contribution is -2.20. The van der Waals surface area contributed by atoms with Gasteiger partial charge in [0, 0.05) is 31.4 Å². The number of aromatic nitrogens is 1. The van der Waals surface area contributed by atoms with Crippen molar-refractivity contribution in [3.05, 3.63) is 70.8 Å². The Labute approximate surface area is 201 Å².